The molecule has 118 valence electrons. The van der Waals surface area contributed by atoms with Crippen molar-refractivity contribution in [1.82, 2.24) is 15.5 Å². The van der Waals surface area contributed by atoms with E-state index < -0.39 is 0 Å². The Labute approximate surface area is 125 Å². The Morgan fingerprint density at radius 3 is 2.81 bits per heavy atom. The van der Waals surface area contributed by atoms with Crippen LogP contribution in [0.3, 0.4) is 0 Å². The predicted octanol–water partition coefficient (Wildman–Crippen LogP) is 1.38. The molecule has 0 bridgehead atoms. The minimum absolute atomic E-state index is 0.254. The Hall–Kier alpha value is -1.56. The lowest BCUT2D eigenvalue weighted by Crippen LogP contribution is -2.52. The number of rotatable bonds is 4. The quantitative estimate of drug-likeness (QED) is 0.769. The molecule has 2 aliphatic heterocycles. The third-order valence-electron chi connectivity index (χ3n) is 4.17. The highest BCUT2D eigenvalue weighted by molar-refractivity contribution is 5.94. The smallest absolute Gasteiger partial charge is 0.337 e. The molecule has 2 heterocycles. The van der Waals surface area contributed by atoms with Crippen LogP contribution in [0.5, 0.6) is 0 Å². The van der Waals surface area contributed by atoms with Gasteiger partial charge in [0.25, 0.3) is 0 Å². The number of urea groups is 1. The van der Waals surface area contributed by atoms with Crippen molar-refractivity contribution in [3.05, 3.63) is 11.3 Å². The van der Waals surface area contributed by atoms with Gasteiger partial charge in [0.1, 0.15) is 0 Å². The summed E-state index contributed by atoms with van der Waals surface area (Å²) in [6.07, 6.45) is 3.56. The van der Waals surface area contributed by atoms with Crippen LogP contribution in [-0.4, -0.2) is 48.7 Å². The fourth-order valence-electron chi connectivity index (χ4n) is 3.00. The summed E-state index contributed by atoms with van der Waals surface area (Å²) < 4.78 is 5.13. The van der Waals surface area contributed by atoms with Crippen LogP contribution in [0.15, 0.2) is 11.3 Å². The predicted molar refractivity (Wildman–Crippen MR) is 79.7 cm³/mol. The van der Waals surface area contributed by atoms with Gasteiger partial charge in [-0.25, -0.2) is 9.59 Å². The Kier molecular flexibility index (Phi) is 5.22. The number of hydrogen-bond acceptors (Lipinski definition) is 4. The van der Waals surface area contributed by atoms with Crippen molar-refractivity contribution >= 4 is 12.0 Å². The van der Waals surface area contributed by atoms with Crippen LogP contribution < -0.4 is 10.6 Å². The number of hydrogen-bond donors (Lipinski definition) is 2. The third-order valence-corrected chi connectivity index (χ3v) is 4.17. The van der Waals surface area contributed by atoms with Crippen molar-refractivity contribution in [3.8, 4) is 0 Å². The van der Waals surface area contributed by atoms with Gasteiger partial charge in [-0.2, -0.15) is 0 Å². The molecule has 6 heteroatoms. The molecule has 0 saturated carbocycles. The highest BCUT2D eigenvalue weighted by Crippen LogP contribution is 2.20. The van der Waals surface area contributed by atoms with Crippen LogP contribution in [-0.2, 0) is 9.53 Å². The number of ether oxygens (including phenoxy) is 1. The van der Waals surface area contributed by atoms with Crippen LogP contribution in [0.25, 0.3) is 0 Å². The van der Waals surface area contributed by atoms with E-state index in [1.54, 1.807) is 6.92 Å². The molecule has 21 heavy (non-hydrogen) atoms. The summed E-state index contributed by atoms with van der Waals surface area (Å²) >= 11 is 0. The van der Waals surface area contributed by atoms with Gasteiger partial charge in [0.15, 0.2) is 0 Å². The van der Waals surface area contributed by atoms with Gasteiger partial charge >= 0.3 is 12.0 Å². The lowest BCUT2D eigenvalue weighted by Gasteiger charge is -2.36. The highest BCUT2D eigenvalue weighted by Gasteiger charge is 2.31. The fourth-order valence-corrected chi connectivity index (χ4v) is 3.00. The summed E-state index contributed by atoms with van der Waals surface area (Å²) in [6.45, 7) is 7.70. The van der Waals surface area contributed by atoms with E-state index in [0.717, 1.165) is 19.4 Å². The summed E-state index contributed by atoms with van der Waals surface area (Å²) in [6, 6.07) is -0.111. The molecular formula is C15H25N3O3. The SMILES string of the molecule is CCOC(=O)C1=C(CN2CCCC[C@H]2C)NC(=O)N[C@@H]1C. The maximum atomic E-state index is 12.2. The van der Waals surface area contributed by atoms with Crippen molar-refractivity contribution in [3.63, 3.8) is 0 Å². The minimum atomic E-state index is -0.350. The molecule has 6 nitrogen and oxygen atoms in total. The molecule has 0 aliphatic carbocycles. The number of likely N-dealkylation sites (tertiary alicyclic amines) is 1. The lowest BCUT2D eigenvalue weighted by molar-refractivity contribution is -0.139. The maximum absolute atomic E-state index is 12.2. The summed E-state index contributed by atoms with van der Waals surface area (Å²) in [7, 11) is 0. The molecule has 0 spiro atoms. The van der Waals surface area contributed by atoms with Crippen molar-refractivity contribution in [2.45, 2.75) is 52.1 Å². The van der Waals surface area contributed by atoms with Gasteiger partial charge < -0.3 is 15.4 Å². The Balaban J connectivity index is 2.21. The van der Waals surface area contributed by atoms with Gasteiger partial charge in [0.2, 0.25) is 0 Å². The van der Waals surface area contributed by atoms with E-state index in [-0.39, 0.29) is 18.0 Å². The first-order chi connectivity index (χ1) is 10.0. The fraction of sp³-hybridized carbons (Fsp3) is 0.733. The zero-order valence-corrected chi connectivity index (χ0v) is 13.1. The molecule has 1 saturated heterocycles. The minimum Gasteiger partial charge on any atom is -0.463 e. The molecule has 1 fully saturated rings. The van der Waals surface area contributed by atoms with Gasteiger partial charge in [0.05, 0.1) is 18.2 Å². The van der Waals surface area contributed by atoms with Crippen molar-refractivity contribution in [2.75, 3.05) is 19.7 Å². The first kappa shape index (κ1) is 15.8. The molecular weight excluding hydrogens is 270 g/mol. The largest absolute Gasteiger partial charge is 0.463 e. The number of esters is 1. The van der Waals surface area contributed by atoms with Crippen LogP contribution in [0.4, 0.5) is 4.79 Å². The molecule has 0 radical (unpaired) electrons. The van der Waals surface area contributed by atoms with Crippen LogP contribution >= 0.6 is 0 Å². The number of nitrogens with zero attached hydrogens (tertiary/aromatic N) is 1. The molecule has 0 aromatic rings. The zero-order valence-electron chi connectivity index (χ0n) is 13.1. The zero-order chi connectivity index (χ0) is 15.4. The van der Waals surface area contributed by atoms with Crippen molar-refractivity contribution < 1.29 is 14.3 Å². The molecule has 0 aromatic carbocycles. The summed E-state index contributed by atoms with van der Waals surface area (Å²) in [5.41, 5.74) is 1.22. The highest BCUT2D eigenvalue weighted by atomic mass is 16.5. The van der Waals surface area contributed by atoms with Gasteiger partial charge in [0, 0.05) is 18.3 Å². The molecule has 2 N–H and O–H groups in total. The number of nitrogens with one attached hydrogen (secondary N) is 2. The second kappa shape index (κ2) is 6.93. The van der Waals surface area contributed by atoms with E-state index in [1.165, 1.54) is 6.42 Å². The number of amides is 2. The average Bonchev–Trinajstić information content (AvgIpc) is 2.41. The van der Waals surface area contributed by atoms with Crippen LogP contribution in [0.2, 0.25) is 0 Å². The molecule has 0 aromatic heterocycles. The molecule has 2 aliphatic rings. The van der Waals surface area contributed by atoms with Gasteiger partial charge in [-0.15, -0.1) is 0 Å². The summed E-state index contributed by atoms with van der Waals surface area (Å²) in [4.78, 5) is 26.2. The second-order valence-corrected chi connectivity index (χ2v) is 5.75. The van der Waals surface area contributed by atoms with E-state index in [2.05, 4.69) is 22.5 Å². The first-order valence-electron chi connectivity index (χ1n) is 7.74. The number of piperidine rings is 1. The third kappa shape index (κ3) is 3.75. The Morgan fingerprint density at radius 1 is 1.38 bits per heavy atom. The molecule has 2 amide bonds. The number of carbonyl (C=O) groups excluding carboxylic acids is 2. The molecule has 2 atom stereocenters. The molecule has 2 rings (SSSR count). The van der Waals surface area contributed by atoms with Crippen LogP contribution in [0.1, 0.15) is 40.0 Å². The summed E-state index contributed by atoms with van der Waals surface area (Å²) in [5, 5.41) is 5.51. The molecule has 0 unspecified atom stereocenters. The Morgan fingerprint density at radius 2 is 2.14 bits per heavy atom. The van der Waals surface area contributed by atoms with Gasteiger partial charge in [-0.1, -0.05) is 6.42 Å². The van der Waals surface area contributed by atoms with Crippen molar-refractivity contribution in [1.29, 1.82) is 0 Å². The van der Waals surface area contributed by atoms with Gasteiger partial charge in [-0.3, -0.25) is 4.90 Å². The van der Waals surface area contributed by atoms with E-state index in [4.69, 9.17) is 4.74 Å². The van der Waals surface area contributed by atoms with E-state index in [9.17, 15) is 9.59 Å². The van der Waals surface area contributed by atoms with E-state index in [1.807, 2.05) is 6.92 Å². The summed E-state index contributed by atoms with van der Waals surface area (Å²) in [5.74, 6) is -0.350. The second-order valence-electron chi connectivity index (χ2n) is 5.75. The number of carbonyl (C=O) groups is 2. The lowest BCUT2D eigenvalue weighted by atomic mass is 10.0. The maximum Gasteiger partial charge on any atom is 0.337 e. The van der Waals surface area contributed by atoms with Crippen molar-refractivity contribution in [2.24, 2.45) is 0 Å². The average molecular weight is 295 g/mol. The normalized spacial score (nSPS) is 27.1. The van der Waals surface area contributed by atoms with Gasteiger partial charge in [-0.05, 0) is 40.2 Å². The van der Waals surface area contributed by atoms with Crippen LogP contribution in [0, 0.1) is 0 Å². The van der Waals surface area contributed by atoms with E-state index >= 15 is 0 Å². The monoisotopic (exact) mass is 295 g/mol. The first-order valence-corrected chi connectivity index (χ1v) is 7.74. The Bertz CT molecular complexity index is 447. The topological polar surface area (TPSA) is 70.7 Å². The standard InChI is InChI=1S/C15H25N3O3/c1-4-21-14(19)13-11(3)16-15(20)17-12(13)9-18-8-6-5-7-10(18)2/h10-11H,4-9H2,1-3H3,(H2,16,17,20)/t10-,11-/m1/s1. The van der Waals surface area contributed by atoms with E-state index in [0.29, 0.717) is 30.5 Å².